The van der Waals surface area contributed by atoms with Gasteiger partial charge in [-0.2, -0.15) is 0 Å². The van der Waals surface area contributed by atoms with Crippen molar-refractivity contribution in [3.8, 4) is 5.75 Å². The van der Waals surface area contributed by atoms with Crippen LogP contribution in [-0.2, 0) is 4.74 Å². The predicted molar refractivity (Wildman–Crippen MR) is 82.5 cm³/mol. The zero-order chi connectivity index (χ0) is 14.5. The fourth-order valence-electron chi connectivity index (χ4n) is 2.08. The lowest BCUT2D eigenvalue weighted by atomic mass is 10.0. The second-order valence-corrected chi connectivity index (χ2v) is 4.77. The maximum absolute atomic E-state index is 5.57. The van der Waals surface area contributed by atoms with Crippen LogP contribution in [0.15, 0.2) is 54.3 Å². The molecule has 2 rings (SSSR count). The summed E-state index contributed by atoms with van der Waals surface area (Å²) in [5.41, 5.74) is 4.51. The van der Waals surface area contributed by atoms with E-state index >= 15 is 0 Å². The first-order valence-corrected chi connectivity index (χ1v) is 6.67. The van der Waals surface area contributed by atoms with Gasteiger partial charge in [0.15, 0.2) is 0 Å². The molecule has 1 aromatic carbocycles. The molecule has 1 aliphatic heterocycles. The van der Waals surface area contributed by atoms with Crippen molar-refractivity contribution in [2.24, 2.45) is 0 Å². The standard InChI is InChI=1S/C17H21NO2/c1-13-5-10-17(18(3)14(13)2)15-6-8-16(9-7-15)20-12-11-19-4/h5-10H,2,11-12H2,1,3-4H3. The Hall–Kier alpha value is -2.00. The molecule has 0 radical (unpaired) electrons. The van der Waals surface area contributed by atoms with E-state index in [4.69, 9.17) is 9.47 Å². The molecule has 0 saturated carbocycles. The Morgan fingerprint density at radius 1 is 1.10 bits per heavy atom. The van der Waals surface area contributed by atoms with Gasteiger partial charge in [0, 0.05) is 25.6 Å². The van der Waals surface area contributed by atoms with Gasteiger partial charge in [0.1, 0.15) is 12.4 Å². The summed E-state index contributed by atoms with van der Waals surface area (Å²) in [6, 6.07) is 8.08. The van der Waals surface area contributed by atoms with Gasteiger partial charge in [-0.15, -0.1) is 0 Å². The van der Waals surface area contributed by atoms with E-state index in [9.17, 15) is 0 Å². The lowest BCUT2D eigenvalue weighted by molar-refractivity contribution is 0.146. The van der Waals surface area contributed by atoms with E-state index in [-0.39, 0.29) is 0 Å². The van der Waals surface area contributed by atoms with Crippen LogP contribution in [0.5, 0.6) is 5.75 Å². The van der Waals surface area contributed by atoms with Gasteiger partial charge >= 0.3 is 0 Å². The van der Waals surface area contributed by atoms with Crippen molar-refractivity contribution in [3.63, 3.8) is 0 Å². The monoisotopic (exact) mass is 271 g/mol. The van der Waals surface area contributed by atoms with Gasteiger partial charge in [0.2, 0.25) is 0 Å². The number of likely N-dealkylation sites (N-methyl/N-ethyl adjacent to an activating group) is 1. The topological polar surface area (TPSA) is 21.7 Å². The maximum atomic E-state index is 5.57. The Morgan fingerprint density at radius 2 is 1.80 bits per heavy atom. The second kappa shape index (κ2) is 6.44. The van der Waals surface area contributed by atoms with E-state index < -0.39 is 0 Å². The van der Waals surface area contributed by atoms with Gasteiger partial charge in [-0.3, -0.25) is 0 Å². The molecular weight excluding hydrogens is 250 g/mol. The fraction of sp³-hybridized carbons (Fsp3) is 0.294. The SMILES string of the molecule is C=C1C(C)=CC=C(c2ccc(OCCOC)cc2)N1C. The third kappa shape index (κ3) is 3.11. The summed E-state index contributed by atoms with van der Waals surface area (Å²) in [5.74, 6) is 0.857. The summed E-state index contributed by atoms with van der Waals surface area (Å²) in [6.45, 7) is 7.33. The van der Waals surface area contributed by atoms with Crippen molar-refractivity contribution in [2.75, 3.05) is 27.4 Å². The van der Waals surface area contributed by atoms with Crippen molar-refractivity contribution in [1.82, 2.24) is 4.90 Å². The van der Waals surface area contributed by atoms with Crippen LogP contribution in [0, 0.1) is 0 Å². The number of benzene rings is 1. The molecule has 0 amide bonds. The minimum absolute atomic E-state index is 0.567. The van der Waals surface area contributed by atoms with Crippen molar-refractivity contribution in [2.45, 2.75) is 6.92 Å². The van der Waals surface area contributed by atoms with E-state index in [2.05, 4.69) is 42.7 Å². The molecule has 0 N–H and O–H groups in total. The zero-order valence-electron chi connectivity index (χ0n) is 12.3. The second-order valence-electron chi connectivity index (χ2n) is 4.77. The highest BCUT2D eigenvalue weighted by Crippen LogP contribution is 2.29. The summed E-state index contributed by atoms with van der Waals surface area (Å²) >= 11 is 0. The molecule has 0 aromatic heterocycles. The van der Waals surface area contributed by atoms with Crippen LogP contribution in [0.2, 0.25) is 0 Å². The Bertz CT molecular complexity index is 541. The summed E-state index contributed by atoms with van der Waals surface area (Å²) in [7, 11) is 3.70. The first-order valence-electron chi connectivity index (χ1n) is 6.67. The number of hydrogen-bond acceptors (Lipinski definition) is 3. The molecule has 3 heteroatoms. The Morgan fingerprint density at radius 3 is 2.45 bits per heavy atom. The lowest BCUT2D eigenvalue weighted by Gasteiger charge is -2.28. The van der Waals surface area contributed by atoms with Gasteiger partial charge in [-0.1, -0.05) is 12.7 Å². The molecule has 3 nitrogen and oxygen atoms in total. The van der Waals surface area contributed by atoms with Crippen molar-refractivity contribution in [1.29, 1.82) is 0 Å². The van der Waals surface area contributed by atoms with Crippen LogP contribution < -0.4 is 4.74 Å². The van der Waals surface area contributed by atoms with Crippen LogP contribution in [0.1, 0.15) is 12.5 Å². The number of hydrogen-bond donors (Lipinski definition) is 0. The largest absolute Gasteiger partial charge is 0.491 e. The molecular formula is C17H21NO2. The molecule has 0 aliphatic carbocycles. The highest BCUT2D eigenvalue weighted by molar-refractivity contribution is 5.70. The van der Waals surface area contributed by atoms with Crippen molar-refractivity contribution < 1.29 is 9.47 Å². The summed E-state index contributed by atoms with van der Waals surface area (Å²) < 4.78 is 10.5. The molecule has 106 valence electrons. The summed E-state index contributed by atoms with van der Waals surface area (Å²) in [5, 5.41) is 0. The molecule has 0 fully saturated rings. The number of ether oxygens (including phenoxy) is 2. The van der Waals surface area contributed by atoms with Crippen molar-refractivity contribution >= 4 is 5.70 Å². The van der Waals surface area contributed by atoms with E-state index in [0.29, 0.717) is 13.2 Å². The molecule has 1 aliphatic rings. The fourth-order valence-corrected chi connectivity index (χ4v) is 2.08. The molecule has 1 aromatic rings. The van der Waals surface area contributed by atoms with Gasteiger partial charge in [-0.25, -0.2) is 0 Å². The zero-order valence-corrected chi connectivity index (χ0v) is 12.3. The van der Waals surface area contributed by atoms with Crippen LogP contribution in [0.3, 0.4) is 0 Å². The van der Waals surface area contributed by atoms with Crippen LogP contribution in [0.25, 0.3) is 5.70 Å². The van der Waals surface area contributed by atoms with Gasteiger partial charge < -0.3 is 14.4 Å². The summed E-state index contributed by atoms with van der Waals surface area (Å²) in [6.07, 6.45) is 4.21. The van der Waals surface area contributed by atoms with Gasteiger partial charge in [0.25, 0.3) is 0 Å². The van der Waals surface area contributed by atoms with Gasteiger partial charge in [-0.05, 0) is 48.4 Å². The molecule has 0 spiro atoms. The predicted octanol–water partition coefficient (Wildman–Crippen LogP) is 3.46. The number of methoxy groups -OCH3 is 1. The molecule has 0 unspecified atom stereocenters. The van der Waals surface area contributed by atoms with E-state index in [1.165, 1.54) is 5.57 Å². The van der Waals surface area contributed by atoms with Crippen molar-refractivity contribution in [3.05, 3.63) is 59.8 Å². The number of allylic oxidation sites excluding steroid dienone is 3. The Labute approximate surface area is 120 Å². The number of nitrogens with zero attached hydrogens (tertiary/aromatic N) is 1. The third-order valence-electron chi connectivity index (χ3n) is 3.42. The maximum Gasteiger partial charge on any atom is 0.119 e. The average molecular weight is 271 g/mol. The van der Waals surface area contributed by atoms with Crippen LogP contribution >= 0.6 is 0 Å². The lowest BCUT2D eigenvalue weighted by Crippen LogP contribution is -2.18. The number of rotatable bonds is 5. The minimum Gasteiger partial charge on any atom is -0.491 e. The Kier molecular flexibility index (Phi) is 4.64. The first-order chi connectivity index (χ1) is 9.63. The highest BCUT2D eigenvalue weighted by Gasteiger charge is 2.14. The molecule has 0 atom stereocenters. The third-order valence-corrected chi connectivity index (χ3v) is 3.42. The van der Waals surface area contributed by atoms with E-state index in [1.807, 2.05) is 19.2 Å². The quantitative estimate of drug-likeness (QED) is 0.766. The first kappa shape index (κ1) is 14.4. The molecule has 20 heavy (non-hydrogen) atoms. The molecule has 0 saturated heterocycles. The smallest absolute Gasteiger partial charge is 0.119 e. The van der Waals surface area contributed by atoms with E-state index in [1.54, 1.807) is 7.11 Å². The molecule has 1 heterocycles. The average Bonchev–Trinajstić information content (AvgIpc) is 2.46. The van der Waals surface area contributed by atoms with Gasteiger partial charge in [0.05, 0.1) is 6.61 Å². The Balaban J connectivity index is 2.12. The van der Waals surface area contributed by atoms with Crippen LogP contribution in [-0.4, -0.2) is 32.3 Å². The van der Waals surface area contributed by atoms with Crippen LogP contribution in [0.4, 0.5) is 0 Å². The highest BCUT2D eigenvalue weighted by atomic mass is 16.5. The minimum atomic E-state index is 0.567. The van der Waals surface area contributed by atoms with E-state index in [0.717, 1.165) is 22.7 Å². The summed E-state index contributed by atoms with van der Waals surface area (Å²) in [4.78, 5) is 2.11. The normalized spacial score (nSPS) is 14.9. The molecule has 0 bridgehead atoms.